The molecule has 2 saturated heterocycles. The Morgan fingerprint density at radius 3 is 2.59 bits per heavy atom. The van der Waals surface area contributed by atoms with Gasteiger partial charge >= 0.3 is 0 Å². The van der Waals surface area contributed by atoms with Gasteiger partial charge in [0.25, 0.3) is 0 Å². The number of piperidine rings is 1. The second kappa shape index (κ2) is 8.56. The van der Waals surface area contributed by atoms with Crippen molar-refractivity contribution in [3.63, 3.8) is 0 Å². The number of nitrogens with zero attached hydrogens (tertiary/aromatic N) is 4. The van der Waals surface area contributed by atoms with Crippen molar-refractivity contribution in [3.8, 4) is 11.3 Å². The van der Waals surface area contributed by atoms with Crippen LogP contribution in [-0.4, -0.2) is 44.3 Å². The lowest BCUT2D eigenvalue weighted by molar-refractivity contribution is -0.135. The molecule has 8 heteroatoms. The molecule has 2 aliphatic heterocycles. The van der Waals surface area contributed by atoms with E-state index in [0.29, 0.717) is 29.7 Å². The van der Waals surface area contributed by atoms with Crippen molar-refractivity contribution in [2.75, 3.05) is 0 Å². The van der Waals surface area contributed by atoms with Gasteiger partial charge in [0.15, 0.2) is 11.7 Å². The maximum atomic E-state index is 13.2. The van der Waals surface area contributed by atoms with Crippen LogP contribution in [-0.2, 0) is 11.2 Å². The number of hydrogen-bond acceptors (Lipinski definition) is 5. The summed E-state index contributed by atoms with van der Waals surface area (Å²) in [4.78, 5) is 28.2. The van der Waals surface area contributed by atoms with E-state index in [0.717, 1.165) is 42.1 Å². The molecule has 5 heterocycles. The molecule has 1 amide bonds. The quantitative estimate of drug-likeness (QED) is 0.542. The largest absolute Gasteiger partial charge is 0.441 e. The molecule has 0 spiro atoms. The predicted molar refractivity (Wildman–Crippen MR) is 115 cm³/mol. The third kappa shape index (κ3) is 4.23. The summed E-state index contributed by atoms with van der Waals surface area (Å²) in [6.45, 7) is 1.79. The number of aryl methyl sites for hydroxylation is 1. The summed E-state index contributed by atoms with van der Waals surface area (Å²) in [6, 6.07) is 4.22. The van der Waals surface area contributed by atoms with Crippen LogP contribution in [0, 0.1) is 12.8 Å². The SMILES string of the molecule is Cc1ncc(-c2cnc3cnc(CC(=O)N4[C@@H]5CC[C@H]4CC(CCC(F)F)C5)cc3c2)o1. The summed E-state index contributed by atoms with van der Waals surface area (Å²) in [5.74, 6) is 1.62. The van der Waals surface area contributed by atoms with Gasteiger partial charge in [-0.3, -0.25) is 14.8 Å². The van der Waals surface area contributed by atoms with Gasteiger partial charge in [0.2, 0.25) is 12.3 Å². The second-order valence-corrected chi connectivity index (χ2v) is 9.00. The first-order valence-electron chi connectivity index (χ1n) is 11.2. The van der Waals surface area contributed by atoms with Crippen molar-refractivity contribution < 1.29 is 18.0 Å². The average molecular weight is 440 g/mol. The average Bonchev–Trinajstić information content (AvgIpc) is 3.32. The Morgan fingerprint density at radius 1 is 1.12 bits per heavy atom. The number of carbonyl (C=O) groups excluding carboxylic acids is 1. The van der Waals surface area contributed by atoms with Gasteiger partial charge in [-0.1, -0.05) is 0 Å². The molecule has 2 fully saturated rings. The number of rotatable bonds is 6. The number of carbonyl (C=O) groups is 1. The molecular weight excluding hydrogens is 414 g/mol. The fourth-order valence-electron chi connectivity index (χ4n) is 5.34. The molecule has 0 aromatic carbocycles. The van der Waals surface area contributed by atoms with Crippen LogP contribution in [0.5, 0.6) is 0 Å². The number of fused-ring (bicyclic) bond motifs is 3. The minimum absolute atomic E-state index is 0.0390. The number of halogens is 2. The maximum absolute atomic E-state index is 13.2. The van der Waals surface area contributed by atoms with Crippen LogP contribution in [0.2, 0.25) is 0 Å². The molecule has 0 N–H and O–H groups in total. The number of oxazole rings is 1. The van der Waals surface area contributed by atoms with Gasteiger partial charge in [0.05, 0.1) is 30.0 Å². The Kier molecular flexibility index (Phi) is 5.61. The van der Waals surface area contributed by atoms with Gasteiger partial charge in [-0.2, -0.15) is 0 Å². The molecule has 168 valence electrons. The van der Waals surface area contributed by atoms with E-state index in [2.05, 4.69) is 15.0 Å². The molecule has 5 rings (SSSR count). The summed E-state index contributed by atoms with van der Waals surface area (Å²) in [5, 5.41) is 0.892. The van der Waals surface area contributed by atoms with E-state index in [9.17, 15) is 13.6 Å². The summed E-state index contributed by atoms with van der Waals surface area (Å²) < 4.78 is 30.8. The fraction of sp³-hybridized carbons (Fsp3) is 0.500. The van der Waals surface area contributed by atoms with Gasteiger partial charge in [-0.15, -0.1) is 0 Å². The van der Waals surface area contributed by atoms with Gasteiger partial charge < -0.3 is 9.32 Å². The van der Waals surface area contributed by atoms with Crippen molar-refractivity contribution >= 4 is 16.8 Å². The summed E-state index contributed by atoms with van der Waals surface area (Å²) in [6.07, 6.45) is 7.21. The lowest BCUT2D eigenvalue weighted by atomic mass is 9.87. The summed E-state index contributed by atoms with van der Waals surface area (Å²) >= 11 is 0. The summed E-state index contributed by atoms with van der Waals surface area (Å²) in [7, 11) is 0. The van der Waals surface area contributed by atoms with E-state index in [-0.39, 0.29) is 30.8 Å². The zero-order valence-electron chi connectivity index (χ0n) is 18.0. The number of amides is 1. The van der Waals surface area contributed by atoms with Gasteiger partial charge in [0, 0.05) is 42.6 Å². The molecule has 3 aromatic heterocycles. The Hall–Kier alpha value is -2.90. The predicted octanol–water partition coefficient (Wildman–Crippen LogP) is 4.95. The molecule has 2 aliphatic rings. The van der Waals surface area contributed by atoms with E-state index in [1.807, 2.05) is 17.0 Å². The van der Waals surface area contributed by atoms with Crippen LogP contribution in [0.4, 0.5) is 8.78 Å². The van der Waals surface area contributed by atoms with Crippen molar-refractivity contribution in [1.29, 1.82) is 0 Å². The van der Waals surface area contributed by atoms with Crippen LogP contribution in [0.15, 0.2) is 35.1 Å². The van der Waals surface area contributed by atoms with Gasteiger partial charge in [0.1, 0.15) is 0 Å². The molecule has 0 radical (unpaired) electrons. The Labute approximate surface area is 185 Å². The first-order chi connectivity index (χ1) is 15.5. The molecule has 3 aromatic rings. The van der Waals surface area contributed by atoms with Gasteiger partial charge in [-0.05, 0) is 50.2 Å². The normalized spacial score (nSPS) is 22.8. The van der Waals surface area contributed by atoms with E-state index >= 15 is 0 Å². The third-order valence-corrected chi connectivity index (χ3v) is 6.77. The number of hydrogen-bond donors (Lipinski definition) is 0. The van der Waals surface area contributed by atoms with Crippen LogP contribution < -0.4 is 0 Å². The van der Waals surface area contributed by atoms with E-state index < -0.39 is 6.43 Å². The number of aromatic nitrogens is 3. The highest BCUT2D eigenvalue weighted by molar-refractivity contribution is 5.84. The van der Waals surface area contributed by atoms with E-state index in [1.165, 1.54) is 0 Å². The standard InChI is InChI=1S/C24H26F2N4O2/c1-14-27-13-22(32-14)17-8-16-9-18(28-12-21(16)29-11-17)10-24(31)30-19-3-4-20(30)7-15(6-19)2-5-23(25)26/h8-9,11-13,15,19-20,23H,2-7,10H2,1H3/t15?,19-,20+. The van der Waals surface area contributed by atoms with Crippen LogP contribution in [0.3, 0.4) is 0 Å². The molecule has 3 atom stereocenters. The number of pyridine rings is 2. The Balaban J connectivity index is 1.29. The monoisotopic (exact) mass is 440 g/mol. The highest BCUT2D eigenvalue weighted by atomic mass is 19.3. The van der Waals surface area contributed by atoms with Crippen molar-refractivity contribution in [2.24, 2.45) is 5.92 Å². The molecule has 6 nitrogen and oxygen atoms in total. The van der Waals surface area contributed by atoms with Crippen molar-refractivity contribution in [3.05, 3.63) is 42.3 Å². The molecule has 2 bridgehead atoms. The number of alkyl halides is 2. The highest BCUT2D eigenvalue weighted by Gasteiger charge is 2.42. The molecule has 32 heavy (non-hydrogen) atoms. The molecule has 1 unspecified atom stereocenters. The minimum atomic E-state index is -2.24. The van der Waals surface area contributed by atoms with Crippen molar-refractivity contribution in [1.82, 2.24) is 19.9 Å². The Bertz CT molecular complexity index is 1120. The first-order valence-corrected chi connectivity index (χ1v) is 11.2. The lowest BCUT2D eigenvalue weighted by Crippen LogP contribution is -2.47. The third-order valence-electron chi connectivity index (χ3n) is 6.77. The van der Waals surface area contributed by atoms with Crippen molar-refractivity contribution in [2.45, 2.75) is 70.4 Å². The topological polar surface area (TPSA) is 72.1 Å². The smallest absolute Gasteiger partial charge is 0.238 e. The van der Waals surface area contributed by atoms with Crippen LogP contribution in [0.1, 0.15) is 50.1 Å². The summed E-state index contributed by atoms with van der Waals surface area (Å²) in [5.41, 5.74) is 2.28. The lowest BCUT2D eigenvalue weighted by Gasteiger charge is -2.39. The second-order valence-electron chi connectivity index (χ2n) is 9.00. The van der Waals surface area contributed by atoms with Gasteiger partial charge in [-0.25, -0.2) is 13.8 Å². The van der Waals surface area contributed by atoms with Crippen LogP contribution in [0.25, 0.3) is 22.2 Å². The first kappa shape index (κ1) is 21.0. The fourth-order valence-corrected chi connectivity index (χ4v) is 5.34. The zero-order valence-corrected chi connectivity index (χ0v) is 18.0. The minimum Gasteiger partial charge on any atom is -0.441 e. The molecule has 0 aliphatic carbocycles. The Morgan fingerprint density at radius 2 is 1.91 bits per heavy atom. The molecular formula is C24H26F2N4O2. The highest BCUT2D eigenvalue weighted by Crippen LogP contribution is 2.41. The molecule has 0 saturated carbocycles. The van der Waals surface area contributed by atoms with E-state index in [4.69, 9.17) is 4.42 Å². The van der Waals surface area contributed by atoms with E-state index in [1.54, 1.807) is 25.5 Å². The zero-order chi connectivity index (χ0) is 22.2. The van der Waals surface area contributed by atoms with Crippen LogP contribution >= 0.6 is 0 Å². The maximum Gasteiger partial charge on any atom is 0.238 e.